The second-order valence-electron chi connectivity index (χ2n) is 11.4. The number of hydrogen-bond acceptors (Lipinski definition) is 6. The van der Waals surface area contributed by atoms with Gasteiger partial charge in [-0.15, -0.1) is 5.10 Å². The van der Waals surface area contributed by atoms with Crippen molar-refractivity contribution in [2.75, 3.05) is 11.5 Å². The van der Waals surface area contributed by atoms with E-state index in [1.807, 2.05) is 96.9 Å². The summed E-state index contributed by atoms with van der Waals surface area (Å²) in [4.78, 5) is 27.7. The van der Waals surface area contributed by atoms with Crippen LogP contribution >= 0.6 is 0 Å². The molecule has 6 rings (SSSR count). The van der Waals surface area contributed by atoms with Crippen LogP contribution in [0.4, 0.5) is 5.69 Å². The minimum absolute atomic E-state index is 0.0289. The molecule has 0 saturated carbocycles. The van der Waals surface area contributed by atoms with Crippen LogP contribution in [0, 0.1) is 6.92 Å². The Morgan fingerprint density at radius 3 is 2.70 bits per heavy atom. The van der Waals surface area contributed by atoms with Crippen molar-refractivity contribution in [2.24, 2.45) is 0 Å². The van der Waals surface area contributed by atoms with Crippen LogP contribution in [0.1, 0.15) is 40.0 Å². The summed E-state index contributed by atoms with van der Waals surface area (Å²) in [5.74, 6) is 0.630. The topological polar surface area (TPSA) is 89.4 Å². The molecule has 46 heavy (non-hydrogen) atoms. The van der Waals surface area contributed by atoms with Gasteiger partial charge in [-0.05, 0) is 54.8 Å². The molecule has 1 aliphatic carbocycles. The normalized spacial score (nSPS) is 17.5. The third-order valence-corrected chi connectivity index (χ3v) is 7.98. The number of nitrogens with zero attached hydrogens (tertiary/aromatic N) is 4. The van der Waals surface area contributed by atoms with Gasteiger partial charge in [0.25, 0.3) is 0 Å². The molecule has 0 unspecified atom stereocenters. The number of ether oxygens (including phenoxy) is 1. The van der Waals surface area contributed by atoms with Crippen molar-refractivity contribution in [3.05, 3.63) is 149 Å². The maximum atomic E-state index is 13.3. The van der Waals surface area contributed by atoms with Crippen LogP contribution < -0.4 is 15.0 Å². The van der Waals surface area contributed by atoms with Crippen molar-refractivity contribution >= 4 is 23.5 Å². The number of β-lactam (4-membered cyclic amide) rings is 1. The zero-order valence-electron chi connectivity index (χ0n) is 25.8. The lowest BCUT2D eigenvalue weighted by Crippen LogP contribution is -2.69. The third-order valence-electron chi connectivity index (χ3n) is 7.98. The minimum atomic E-state index is -0.366. The summed E-state index contributed by atoms with van der Waals surface area (Å²) >= 11 is 0. The molecule has 8 heteroatoms. The van der Waals surface area contributed by atoms with Gasteiger partial charge >= 0.3 is 0 Å². The number of benzene rings is 3. The maximum Gasteiger partial charge on any atom is 0.247 e. The van der Waals surface area contributed by atoms with Crippen molar-refractivity contribution in [3.63, 3.8) is 0 Å². The molecule has 3 aromatic carbocycles. The molecule has 2 aliphatic rings. The van der Waals surface area contributed by atoms with Crippen LogP contribution in [0.3, 0.4) is 0 Å². The van der Waals surface area contributed by atoms with E-state index in [4.69, 9.17) is 4.74 Å². The Bertz CT molecular complexity index is 1790. The van der Waals surface area contributed by atoms with Gasteiger partial charge < -0.3 is 9.64 Å². The highest BCUT2D eigenvalue weighted by Gasteiger charge is 2.46. The maximum absolute atomic E-state index is 13.3. The number of aromatic nitrogens is 3. The lowest BCUT2D eigenvalue weighted by atomic mass is 9.92. The summed E-state index contributed by atoms with van der Waals surface area (Å²) in [6.07, 6.45) is 17.2. The highest BCUT2D eigenvalue weighted by Crippen LogP contribution is 2.30. The van der Waals surface area contributed by atoms with Gasteiger partial charge in [0.1, 0.15) is 11.8 Å². The number of nitrogens with one attached hydrogen (secondary N) is 1. The van der Waals surface area contributed by atoms with Gasteiger partial charge in [0, 0.05) is 37.0 Å². The molecule has 4 aromatic rings. The minimum Gasteiger partial charge on any atom is -0.494 e. The number of allylic oxidation sites excluding steroid dienone is 6. The number of amides is 1. The average Bonchev–Trinajstić information content (AvgIpc) is 3.78. The fourth-order valence-electron chi connectivity index (χ4n) is 5.46. The van der Waals surface area contributed by atoms with Gasteiger partial charge in [-0.2, -0.15) is 0 Å². The van der Waals surface area contributed by atoms with E-state index in [2.05, 4.69) is 39.9 Å². The summed E-state index contributed by atoms with van der Waals surface area (Å²) in [7, 11) is 0. The van der Waals surface area contributed by atoms with E-state index < -0.39 is 0 Å². The smallest absolute Gasteiger partial charge is 0.247 e. The molecule has 1 aliphatic heterocycles. The largest absolute Gasteiger partial charge is 0.494 e. The number of ketones is 1. The third kappa shape index (κ3) is 7.65. The first-order valence-corrected chi connectivity index (χ1v) is 15.6. The second-order valence-corrected chi connectivity index (χ2v) is 11.4. The van der Waals surface area contributed by atoms with E-state index >= 15 is 0 Å². The van der Waals surface area contributed by atoms with Crippen molar-refractivity contribution in [2.45, 2.75) is 44.9 Å². The molecule has 0 spiro atoms. The fraction of sp³-hybridized carbons (Fsp3) is 0.211. The van der Waals surface area contributed by atoms with E-state index in [0.717, 1.165) is 34.5 Å². The zero-order chi connectivity index (χ0) is 31.7. The molecule has 1 aromatic heterocycles. The van der Waals surface area contributed by atoms with Crippen LogP contribution in [-0.4, -0.2) is 45.4 Å². The first-order chi connectivity index (χ1) is 22.5. The predicted molar refractivity (Wildman–Crippen MR) is 180 cm³/mol. The monoisotopic (exact) mass is 611 g/mol. The molecule has 1 saturated heterocycles. The molecule has 1 N–H and O–H groups in total. The SMILES string of the molecule is Cc1ccc(N2C(=O)[C@@H](NCc3cn(CCCOc4cccc(C(=O)/C=C/C5=CCC=C5)c4)nn3)[C@H]2/C=C/c2ccccc2)cc1. The Kier molecular flexibility index (Phi) is 9.75. The predicted octanol–water partition coefficient (Wildman–Crippen LogP) is 6.27. The Hall–Kier alpha value is -5.34. The van der Waals surface area contributed by atoms with Gasteiger partial charge in [-0.3, -0.25) is 19.6 Å². The van der Waals surface area contributed by atoms with E-state index in [-0.39, 0.29) is 23.8 Å². The Balaban J connectivity index is 0.993. The lowest BCUT2D eigenvalue weighted by molar-refractivity contribution is -0.126. The van der Waals surface area contributed by atoms with Crippen molar-refractivity contribution < 1.29 is 14.3 Å². The first-order valence-electron chi connectivity index (χ1n) is 15.6. The first kappa shape index (κ1) is 30.7. The van der Waals surface area contributed by atoms with E-state index in [0.29, 0.717) is 37.4 Å². The average molecular weight is 612 g/mol. The van der Waals surface area contributed by atoms with Crippen molar-refractivity contribution in [1.29, 1.82) is 0 Å². The molecule has 0 radical (unpaired) electrons. The summed E-state index contributed by atoms with van der Waals surface area (Å²) in [6.45, 7) is 3.56. The summed E-state index contributed by atoms with van der Waals surface area (Å²) in [5, 5.41) is 12.0. The molecule has 1 fully saturated rings. The number of anilines is 1. The molecular formula is C38H37N5O3. The van der Waals surface area contributed by atoms with Crippen LogP contribution in [0.2, 0.25) is 0 Å². The Labute approximate surface area is 269 Å². The number of carbonyl (C=O) groups is 2. The van der Waals surface area contributed by atoms with E-state index in [1.165, 1.54) is 0 Å². The van der Waals surface area contributed by atoms with Gasteiger partial charge in [0.05, 0.1) is 18.3 Å². The summed E-state index contributed by atoms with van der Waals surface area (Å²) in [6, 6.07) is 24.9. The number of carbonyl (C=O) groups excluding carboxylic acids is 2. The van der Waals surface area contributed by atoms with Gasteiger partial charge in [-0.1, -0.05) is 102 Å². The van der Waals surface area contributed by atoms with E-state index in [9.17, 15) is 9.59 Å². The molecule has 0 bridgehead atoms. The molecule has 2 heterocycles. The Morgan fingerprint density at radius 1 is 1.04 bits per heavy atom. The number of rotatable bonds is 14. The summed E-state index contributed by atoms with van der Waals surface area (Å²) < 4.78 is 7.70. The van der Waals surface area contributed by atoms with Crippen LogP contribution in [0.5, 0.6) is 5.75 Å². The molecule has 1 amide bonds. The molecular weight excluding hydrogens is 574 g/mol. The second kappa shape index (κ2) is 14.6. The van der Waals surface area contributed by atoms with Gasteiger partial charge in [0.2, 0.25) is 5.91 Å². The zero-order valence-corrected chi connectivity index (χ0v) is 25.8. The van der Waals surface area contributed by atoms with Crippen molar-refractivity contribution in [3.8, 4) is 5.75 Å². The standard InChI is InChI=1S/C38H37N5O3/c1-28-15-19-33(20-16-28)43-35(21-17-29-9-3-2-4-10-29)37(38(43)45)39-26-32-27-42(41-40-32)23-8-24-46-34-14-7-13-31(25-34)36(44)22-18-30-11-5-6-12-30/h2-5,7,9-22,25,27,35,37,39H,6,8,23-24,26H2,1H3/b21-17+,22-18+/t35-,37+/m1/s1. The highest BCUT2D eigenvalue weighted by atomic mass is 16.5. The quantitative estimate of drug-likeness (QED) is 0.0783. The number of hydrogen-bond donors (Lipinski definition) is 1. The van der Waals surface area contributed by atoms with Crippen LogP contribution in [-0.2, 0) is 17.9 Å². The van der Waals surface area contributed by atoms with Crippen molar-refractivity contribution in [1.82, 2.24) is 20.3 Å². The lowest BCUT2D eigenvalue weighted by Gasteiger charge is -2.46. The fourth-order valence-corrected chi connectivity index (χ4v) is 5.46. The molecule has 8 nitrogen and oxygen atoms in total. The number of aryl methyl sites for hydroxylation is 2. The van der Waals surface area contributed by atoms with Crippen LogP contribution in [0.25, 0.3) is 6.08 Å². The van der Waals surface area contributed by atoms with Crippen LogP contribution in [0.15, 0.2) is 127 Å². The van der Waals surface area contributed by atoms with Gasteiger partial charge in [0.15, 0.2) is 5.78 Å². The Morgan fingerprint density at radius 2 is 1.89 bits per heavy atom. The molecule has 2 atom stereocenters. The van der Waals surface area contributed by atoms with Gasteiger partial charge in [-0.25, -0.2) is 0 Å². The summed E-state index contributed by atoms with van der Waals surface area (Å²) in [5.41, 5.74) is 5.52. The molecule has 232 valence electrons. The highest BCUT2D eigenvalue weighted by molar-refractivity contribution is 6.06. The van der Waals surface area contributed by atoms with E-state index in [1.54, 1.807) is 22.9 Å².